The Morgan fingerprint density at radius 3 is 2.52 bits per heavy atom. The molecule has 2 aromatic heterocycles. The molecule has 0 radical (unpaired) electrons. The molecule has 0 saturated heterocycles. The summed E-state index contributed by atoms with van der Waals surface area (Å²) in [7, 11) is 1.31. The number of esters is 1. The minimum Gasteiger partial charge on any atom is -0.465 e. The van der Waals surface area contributed by atoms with Crippen LogP contribution in [0.5, 0.6) is 0 Å². The van der Waals surface area contributed by atoms with Crippen molar-refractivity contribution in [2.75, 3.05) is 30.8 Å². The Kier molecular flexibility index (Phi) is 8.18. The second kappa shape index (κ2) is 11.1. The second-order valence-corrected chi connectivity index (χ2v) is 8.65. The van der Waals surface area contributed by atoms with Crippen molar-refractivity contribution >= 4 is 51.2 Å². The molecule has 0 fully saturated rings. The number of hydrogen-bond donors (Lipinski definition) is 2. The SMILES string of the molecule is CCN(CC)C(=O)c1sc(NC(=S)Nc2cnn(Cc3ccccc3)c2)c(C(=O)OC)c1C. The number of thiocarbonyl (C=S) groups is 1. The van der Waals surface area contributed by atoms with Gasteiger partial charge in [0.1, 0.15) is 5.00 Å². The minimum atomic E-state index is -0.525. The normalized spacial score (nSPS) is 10.5. The van der Waals surface area contributed by atoms with Gasteiger partial charge in [0.2, 0.25) is 0 Å². The maximum Gasteiger partial charge on any atom is 0.341 e. The molecule has 0 spiro atoms. The number of benzene rings is 1. The van der Waals surface area contributed by atoms with Crippen molar-refractivity contribution in [1.29, 1.82) is 0 Å². The van der Waals surface area contributed by atoms with Crippen LogP contribution in [0.2, 0.25) is 0 Å². The first-order valence-electron chi connectivity index (χ1n) is 10.5. The predicted octanol–water partition coefficient (Wildman–Crippen LogP) is 4.38. The fourth-order valence-electron chi connectivity index (χ4n) is 3.36. The number of thiophene rings is 1. The summed E-state index contributed by atoms with van der Waals surface area (Å²) in [6, 6.07) is 10.0. The van der Waals surface area contributed by atoms with Gasteiger partial charge in [-0.05, 0) is 44.1 Å². The molecule has 3 rings (SSSR count). The topological polar surface area (TPSA) is 88.5 Å². The van der Waals surface area contributed by atoms with E-state index in [1.807, 2.05) is 50.4 Å². The van der Waals surface area contributed by atoms with Gasteiger partial charge in [0.05, 0.1) is 36.0 Å². The quantitative estimate of drug-likeness (QED) is 0.362. The van der Waals surface area contributed by atoms with Gasteiger partial charge in [-0.25, -0.2) is 4.79 Å². The number of nitrogens with one attached hydrogen (secondary N) is 2. The Morgan fingerprint density at radius 1 is 1.18 bits per heavy atom. The summed E-state index contributed by atoms with van der Waals surface area (Å²) < 4.78 is 6.75. The second-order valence-electron chi connectivity index (χ2n) is 7.22. The first-order chi connectivity index (χ1) is 15.9. The van der Waals surface area contributed by atoms with Crippen molar-refractivity contribution < 1.29 is 14.3 Å². The first kappa shape index (κ1) is 24.4. The summed E-state index contributed by atoms with van der Waals surface area (Å²) in [6.45, 7) is 7.38. The number of anilines is 2. The van der Waals surface area contributed by atoms with E-state index in [2.05, 4.69) is 15.7 Å². The summed E-state index contributed by atoms with van der Waals surface area (Å²) >= 11 is 6.65. The molecule has 3 aromatic rings. The Morgan fingerprint density at radius 2 is 1.88 bits per heavy atom. The molecule has 10 heteroatoms. The van der Waals surface area contributed by atoms with Crippen molar-refractivity contribution in [3.05, 3.63) is 64.3 Å². The number of carbonyl (C=O) groups is 2. The Bertz CT molecular complexity index is 1140. The zero-order valence-corrected chi connectivity index (χ0v) is 20.7. The van der Waals surface area contributed by atoms with Gasteiger partial charge in [-0.3, -0.25) is 9.48 Å². The first-order valence-corrected chi connectivity index (χ1v) is 11.8. The highest BCUT2D eigenvalue weighted by Crippen LogP contribution is 2.34. The number of carbonyl (C=O) groups excluding carboxylic acids is 2. The number of amides is 1. The van der Waals surface area contributed by atoms with E-state index in [9.17, 15) is 9.59 Å². The summed E-state index contributed by atoms with van der Waals surface area (Å²) in [5.74, 6) is -0.648. The summed E-state index contributed by atoms with van der Waals surface area (Å²) in [5, 5.41) is 11.2. The molecular weight excluding hydrogens is 458 g/mol. The fraction of sp³-hybridized carbons (Fsp3) is 0.304. The molecule has 33 heavy (non-hydrogen) atoms. The zero-order chi connectivity index (χ0) is 24.0. The van der Waals surface area contributed by atoms with Gasteiger partial charge in [-0.15, -0.1) is 11.3 Å². The standard InChI is InChI=1S/C23H27N5O3S2/c1-5-27(6-2)21(29)19-15(3)18(22(30)31-4)20(33-19)26-23(32)25-17-12-24-28(14-17)13-16-10-8-7-9-11-16/h7-12,14H,5-6,13H2,1-4H3,(H2,25,26,32). The minimum absolute atomic E-state index is 0.123. The van der Waals surface area contributed by atoms with Crippen LogP contribution >= 0.6 is 23.6 Å². The maximum atomic E-state index is 12.9. The highest BCUT2D eigenvalue weighted by molar-refractivity contribution is 7.80. The van der Waals surface area contributed by atoms with Crippen molar-refractivity contribution in [2.24, 2.45) is 0 Å². The average Bonchev–Trinajstić information content (AvgIpc) is 3.38. The van der Waals surface area contributed by atoms with E-state index < -0.39 is 5.97 Å². The molecule has 2 heterocycles. The van der Waals surface area contributed by atoms with E-state index in [0.29, 0.717) is 46.3 Å². The molecule has 0 atom stereocenters. The van der Waals surface area contributed by atoms with Crippen LogP contribution in [0.15, 0.2) is 42.7 Å². The van der Waals surface area contributed by atoms with Crippen LogP contribution < -0.4 is 10.6 Å². The average molecular weight is 486 g/mol. The van der Waals surface area contributed by atoms with E-state index in [1.165, 1.54) is 18.4 Å². The molecule has 1 amide bonds. The summed E-state index contributed by atoms with van der Waals surface area (Å²) in [5.41, 5.74) is 2.72. The molecule has 2 N–H and O–H groups in total. The van der Waals surface area contributed by atoms with E-state index in [1.54, 1.807) is 22.7 Å². The number of ether oxygens (including phenoxy) is 1. The molecule has 1 aromatic carbocycles. The van der Waals surface area contributed by atoms with E-state index >= 15 is 0 Å². The molecular formula is C23H27N5O3S2. The third-order valence-corrected chi connectivity index (χ3v) is 6.49. The van der Waals surface area contributed by atoms with Crippen LogP contribution in [0, 0.1) is 6.92 Å². The third-order valence-electron chi connectivity index (χ3n) is 5.09. The predicted molar refractivity (Wildman–Crippen MR) is 135 cm³/mol. The number of rotatable bonds is 8. The van der Waals surface area contributed by atoms with Gasteiger partial charge in [-0.2, -0.15) is 5.10 Å². The Hall–Kier alpha value is -3.24. The van der Waals surface area contributed by atoms with E-state index in [0.717, 1.165) is 5.56 Å². The van der Waals surface area contributed by atoms with Gasteiger partial charge in [0.15, 0.2) is 5.11 Å². The van der Waals surface area contributed by atoms with Gasteiger partial charge in [0, 0.05) is 19.3 Å². The van der Waals surface area contributed by atoms with Gasteiger partial charge >= 0.3 is 5.97 Å². The van der Waals surface area contributed by atoms with E-state index in [4.69, 9.17) is 17.0 Å². The lowest BCUT2D eigenvalue weighted by Crippen LogP contribution is -2.30. The van der Waals surface area contributed by atoms with Gasteiger partial charge in [-0.1, -0.05) is 30.3 Å². The Balaban J connectivity index is 1.76. The number of methoxy groups -OCH3 is 1. The van der Waals surface area contributed by atoms with E-state index in [-0.39, 0.29) is 11.0 Å². The molecule has 0 aliphatic heterocycles. The lowest BCUT2D eigenvalue weighted by molar-refractivity contribution is 0.0601. The highest BCUT2D eigenvalue weighted by Gasteiger charge is 2.27. The Labute approximate surface area is 202 Å². The van der Waals surface area contributed by atoms with Crippen LogP contribution in [-0.2, 0) is 11.3 Å². The molecule has 0 unspecified atom stereocenters. The van der Waals surface area contributed by atoms with Crippen LogP contribution in [0.3, 0.4) is 0 Å². The van der Waals surface area contributed by atoms with Crippen molar-refractivity contribution in [2.45, 2.75) is 27.3 Å². The number of nitrogens with zero attached hydrogens (tertiary/aromatic N) is 3. The smallest absolute Gasteiger partial charge is 0.341 e. The molecule has 0 saturated carbocycles. The van der Waals surface area contributed by atoms with Gasteiger partial charge < -0.3 is 20.3 Å². The number of aromatic nitrogens is 2. The summed E-state index contributed by atoms with van der Waals surface area (Å²) in [6.07, 6.45) is 3.52. The largest absolute Gasteiger partial charge is 0.465 e. The summed E-state index contributed by atoms with van der Waals surface area (Å²) in [4.78, 5) is 27.6. The lowest BCUT2D eigenvalue weighted by atomic mass is 10.1. The van der Waals surface area contributed by atoms with Gasteiger partial charge in [0.25, 0.3) is 5.91 Å². The van der Waals surface area contributed by atoms with Crippen molar-refractivity contribution in [3.63, 3.8) is 0 Å². The molecule has 8 nitrogen and oxygen atoms in total. The van der Waals surface area contributed by atoms with Crippen LogP contribution in [0.4, 0.5) is 10.7 Å². The number of hydrogen-bond acceptors (Lipinski definition) is 6. The van der Waals surface area contributed by atoms with Crippen LogP contribution in [0.25, 0.3) is 0 Å². The molecule has 0 bridgehead atoms. The van der Waals surface area contributed by atoms with Crippen LogP contribution in [-0.4, -0.2) is 51.9 Å². The maximum absolute atomic E-state index is 12.9. The monoisotopic (exact) mass is 485 g/mol. The molecule has 0 aliphatic carbocycles. The fourth-order valence-corrected chi connectivity index (χ4v) is 4.81. The molecule has 0 aliphatic rings. The van der Waals surface area contributed by atoms with Crippen molar-refractivity contribution in [1.82, 2.24) is 14.7 Å². The highest BCUT2D eigenvalue weighted by atomic mass is 32.1. The molecule has 174 valence electrons. The van der Waals surface area contributed by atoms with Crippen molar-refractivity contribution in [3.8, 4) is 0 Å². The zero-order valence-electron chi connectivity index (χ0n) is 19.0. The lowest BCUT2D eigenvalue weighted by Gasteiger charge is -2.17. The third kappa shape index (κ3) is 5.77. The van der Waals surface area contributed by atoms with Crippen LogP contribution in [0.1, 0.15) is 45.0 Å².